The molecule has 7 heteroatoms. The van der Waals surface area contributed by atoms with E-state index >= 15 is 0 Å². The third kappa shape index (κ3) is 7.61. The van der Waals surface area contributed by atoms with Gasteiger partial charge < -0.3 is 5.32 Å². The molecule has 0 fully saturated rings. The van der Waals surface area contributed by atoms with Gasteiger partial charge >= 0.3 is 0 Å². The molecule has 0 atom stereocenters. The number of carbonyl (C=O) groups is 1. The van der Waals surface area contributed by atoms with Crippen LogP contribution in [0.25, 0.3) is 0 Å². The van der Waals surface area contributed by atoms with E-state index in [1.165, 1.54) is 14.8 Å². The zero-order chi connectivity index (χ0) is 25.4. The SMILES string of the molecule is Cc1ccc(SCCCNC(=O)CN(c2ccc(C(C)C)cc2)S(=O)(=O)c2ccc(C)cc2)cc1. The summed E-state index contributed by atoms with van der Waals surface area (Å²) in [5, 5.41) is 2.88. The number of aryl methyl sites for hydroxylation is 2. The fraction of sp³-hybridized carbons (Fsp3) is 0.321. The maximum absolute atomic E-state index is 13.5. The Balaban J connectivity index is 1.67. The number of nitrogens with one attached hydrogen (secondary N) is 1. The normalized spacial score (nSPS) is 11.5. The van der Waals surface area contributed by atoms with Crippen LogP contribution >= 0.6 is 11.8 Å². The average Bonchev–Trinajstić information content (AvgIpc) is 2.83. The van der Waals surface area contributed by atoms with Gasteiger partial charge in [-0.15, -0.1) is 11.8 Å². The molecule has 0 unspecified atom stereocenters. The predicted molar refractivity (Wildman–Crippen MR) is 146 cm³/mol. The summed E-state index contributed by atoms with van der Waals surface area (Å²) in [6.07, 6.45) is 0.790. The van der Waals surface area contributed by atoms with E-state index in [4.69, 9.17) is 0 Å². The summed E-state index contributed by atoms with van der Waals surface area (Å²) in [6, 6.07) is 22.4. The summed E-state index contributed by atoms with van der Waals surface area (Å²) in [7, 11) is -3.91. The Morgan fingerprint density at radius 1 is 0.886 bits per heavy atom. The summed E-state index contributed by atoms with van der Waals surface area (Å²) < 4.78 is 28.2. The average molecular weight is 511 g/mol. The van der Waals surface area contributed by atoms with Gasteiger partial charge in [0.05, 0.1) is 10.6 Å². The molecule has 0 aromatic heterocycles. The molecular formula is C28H34N2O3S2. The first kappa shape index (κ1) is 26.8. The Kier molecular flexibility index (Phi) is 9.40. The van der Waals surface area contributed by atoms with Crippen LogP contribution in [-0.4, -0.2) is 33.2 Å². The molecule has 0 saturated carbocycles. The van der Waals surface area contributed by atoms with Crippen LogP contribution in [0.3, 0.4) is 0 Å². The summed E-state index contributed by atoms with van der Waals surface area (Å²) in [5.74, 6) is 0.868. The third-order valence-electron chi connectivity index (χ3n) is 5.68. The summed E-state index contributed by atoms with van der Waals surface area (Å²) in [6.45, 7) is 8.35. The highest BCUT2D eigenvalue weighted by molar-refractivity contribution is 7.99. The number of hydrogen-bond acceptors (Lipinski definition) is 4. The standard InChI is InChI=1S/C28H34N2O3S2/c1-21(2)24-10-12-25(13-11-24)30(35(32,33)27-16-8-23(4)9-17-27)20-28(31)29-18-5-19-34-26-14-6-22(3)7-15-26/h6-17,21H,5,18-20H2,1-4H3,(H,29,31). The van der Waals surface area contributed by atoms with Crippen LogP contribution < -0.4 is 9.62 Å². The Morgan fingerprint density at radius 3 is 2.03 bits per heavy atom. The van der Waals surface area contributed by atoms with Crippen LogP contribution in [0.1, 0.15) is 42.9 Å². The fourth-order valence-corrected chi connectivity index (χ4v) is 5.76. The van der Waals surface area contributed by atoms with Crippen LogP contribution in [0.5, 0.6) is 0 Å². The second-order valence-electron chi connectivity index (χ2n) is 8.94. The minimum absolute atomic E-state index is 0.165. The summed E-state index contributed by atoms with van der Waals surface area (Å²) in [5.41, 5.74) is 3.78. The lowest BCUT2D eigenvalue weighted by molar-refractivity contribution is -0.119. The van der Waals surface area contributed by atoms with Gasteiger partial charge in [-0.1, -0.05) is 61.4 Å². The lowest BCUT2D eigenvalue weighted by atomic mass is 10.0. The Morgan fingerprint density at radius 2 is 1.46 bits per heavy atom. The number of anilines is 1. The van der Waals surface area contributed by atoms with Crippen molar-refractivity contribution < 1.29 is 13.2 Å². The third-order valence-corrected chi connectivity index (χ3v) is 8.56. The Bertz CT molecular complexity index is 1200. The highest BCUT2D eigenvalue weighted by Gasteiger charge is 2.27. The van der Waals surface area contributed by atoms with Crippen LogP contribution in [-0.2, 0) is 14.8 Å². The molecule has 35 heavy (non-hydrogen) atoms. The zero-order valence-corrected chi connectivity index (χ0v) is 22.5. The smallest absolute Gasteiger partial charge is 0.264 e. The number of thioether (sulfide) groups is 1. The molecule has 186 valence electrons. The van der Waals surface area contributed by atoms with E-state index in [1.807, 2.05) is 19.1 Å². The maximum atomic E-state index is 13.5. The molecule has 1 amide bonds. The molecule has 1 N–H and O–H groups in total. The lowest BCUT2D eigenvalue weighted by Gasteiger charge is -2.24. The van der Waals surface area contributed by atoms with Crippen molar-refractivity contribution in [2.24, 2.45) is 0 Å². The Labute approximate surface area is 214 Å². The molecule has 3 rings (SSSR count). The minimum Gasteiger partial charge on any atom is -0.354 e. The quantitative estimate of drug-likeness (QED) is 0.257. The number of rotatable bonds is 11. The van der Waals surface area contributed by atoms with Gasteiger partial charge in [0.2, 0.25) is 5.91 Å². The first-order valence-corrected chi connectivity index (χ1v) is 14.2. The monoisotopic (exact) mass is 510 g/mol. The van der Waals surface area contributed by atoms with E-state index in [0.717, 1.165) is 23.3 Å². The molecule has 0 aliphatic carbocycles. The number of benzene rings is 3. The molecule has 3 aromatic rings. The molecule has 0 radical (unpaired) electrons. The lowest BCUT2D eigenvalue weighted by Crippen LogP contribution is -2.41. The summed E-state index contributed by atoms with van der Waals surface area (Å²) >= 11 is 1.74. The first-order valence-electron chi connectivity index (χ1n) is 11.8. The van der Waals surface area contributed by atoms with Crippen LogP contribution in [0.2, 0.25) is 0 Å². The molecule has 0 saturated heterocycles. The van der Waals surface area contributed by atoms with Crippen molar-refractivity contribution in [2.45, 2.75) is 49.8 Å². The van der Waals surface area contributed by atoms with Crippen LogP contribution in [0.4, 0.5) is 5.69 Å². The van der Waals surface area contributed by atoms with Crippen molar-refractivity contribution in [1.82, 2.24) is 5.32 Å². The second kappa shape index (κ2) is 12.3. The molecular weight excluding hydrogens is 476 g/mol. The number of amides is 1. The zero-order valence-electron chi connectivity index (χ0n) is 20.8. The second-order valence-corrected chi connectivity index (χ2v) is 12.0. The minimum atomic E-state index is -3.91. The van der Waals surface area contributed by atoms with Crippen molar-refractivity contribution in [2.75, 3.05) is 23.1 Å². The van der Waals surface area contributed by atoms with Crippen LogP contribution in [0, 0.1) is 13.8 Å². The van der Waals surface area contributed by atoms with Crippen LogP contribution in [0.15, 0.2) is 82.6 Å². The molecule has 3 aromatic carbocycles. The van der Waals surface area contributed by atoms with Crippen molar-refractivity contribution in [3.63, 3.8) is 0 Å². The molecule has 0 bridgehead atoms. The van der Waals surface area contributed by atoms with E-state index < -0.39 is 10.0 Å². The molecule has 0 spiro atoms. The predicted octanol–water partition coefficient (Wildman–Crippen LogP) is 5.92. The summed E-state index contributed by atoms with van der Waals surface area (Å²) in [4.78, 5) is 14.1. The maximum Gasteiger partial charge on any atom is 0.264 e. The number of hydrogen-bond donors (Lipinski definition) is 1. The van der Waals surface area contributed by atoms with E-state index in [-0.39, 0.29) is 17.3 Å². The number of carbonyl (C=O) groups excluding carboxylic acids is 1. The van der Waals surface area contributed by atoms with Crippen molar-refractivity contribution >= 4 is 33.4 Å². The van der Waals surface area contributed by atoms with Crippen molar-refractivity contribution in [1.29, 1.82) is 0 Å². The van der Waals surface area contributed by atoms with Crippen molar-refractivity contribution in [3.05, 3.63) is 89.5 Å². The molecule has 0 aliphatic heterocycles. The van der Waals surface area contributed by atoms with E-state index in [9.17, 15) is 13.2 Å². The first-order chi connectivity index (χ1) is 16.7. The number of sulfonamides is 1. The van der Waals surface area contributed by atoms with Gasteiger partial charge in [0.25, 0.3) is 10.0 Å². The largest absolute Gasteiger partial charge is 0.354 e. The van der Waals surface area contributed by atoms with Gasteiger partial charge in [0.1, 0.15) is 6.54 Å². The fourth-order valence-electron chi connectivity index (χ4n) is 3.49. The van der Waals surface area contributed by atoms with E-state index in [2.05, 4.69) is 50.4 Å². The van der Waals surface area contributed by atoms with Gasteiger partial charge in [-0.2, -0.15) is 0 Å². The van der Waals surface area contributed by atoms with Gasteiger partial charge in [-0.05, 0) is 73.9 Å². The number of nitrogens with zero attached hydrogens (tertiary/aromatic N) is 1. The molecule has 0 heterocycles. The van der Waals surface area contributed by atoms with E-state index in [1.54, 1.807) is 48.2 Å². The molecule has 0 aliphatic rings. The van der Waals surface area contributed by atoms with Gasteiger partial charge in [-0.25, -0.2) is 8.42 Å². The van der Waals surface area contributed by atoms with Gasteiger partial charge in [0, 0.05) is 11.4 Å². The van der Waals surface area contributed by atoms with E-state index in [0.29, 0.717) is 18.2 Å². The van der Waals surface area contributed by atoms with Gasteiger partial charge in [0.15, 0.2) is 0 Å². The van der Waals surface area contributed by atoms with Gasteiger partial charge in [-0.3, -0.25) is 9.10 Å². The molecule has 5 nitrogen and oxygen atoms in total. The highest BCUT2D eigenvalue weighted by Crippen LogP contribution is 2.26. The Hall–Kier alpha value is -2.77. The highest BCUT2D eigenvalue weighted by atomic mass is 32.2. The topological polar surface area (TPSA) is 66.5 Å². The van der Waals surface area contributed by atoms with Crippen molar-refractivity contribution in [3.8, 4) is 0 Å².